The molecule has 1 aromatic carbocycles. The van der Waals surface area contributed by atoms with E-state index in [0.717, 1.165) is 32.4 Å². The number of benzene rings is 1. The van der Waals surface area contributed by atoms with Gasteiger partial charge in [0.2, 0.25) is 0 Å². The predicted molar refractivity (Wildman–Crippen MR) is 75.7 cm³/mol. The normalized spacial score (nSPS) is 30.1. The number of carboxylic acid groups (broad SMARTS) is 1. The smallest absolute Gasteiger partial charge is 0.323 e. The molecule has 2 atom stereocenters. The van der Waals surface area contributed by atoms with E-state index in [4.69, 9.17) is 4.74 Å². The fourth-order valence-electron chi connectivity index (χ4n) is 3.38. The lowest BCUT2D eigenvalue weighted by Gasteiger charge is -2.36. The average Bonchev–Trinajstić information content (AvgIpc) is 2.82. The zero-order chi connectivity index (χ0) is 14.2. The highest BCUT2D eigenvalue weighted by atomic mass is 16.5. The van der Waals surface area contributed by atoms with Gasteiger partial charge in [-0.2, -0.15) is 0 Å². The summed E-state index contributed by atoms with van der Waals surface area (Å²) in [6.07, 6.45) is 2.60. The largest absolute Gasteiger partial charge is 0.480 e. The van der Waals surface area contributed by atoms with E-state index in [1.54, 1.807) is 0 Å². The van der Waals surface area contributed by atoms with Crippen molar-refractivity contribution in [1.82, 2.24) is 4.90 Å². The zero-order valence-electron chi connectivity index (χ0n) is 11.8. The van der Waals surface area contributed by atoms with Gasteiger partial charge in [-0.1, -0.05) is 24.3 Å². The molecule has 0 saturated carbocycles. The van der Waals surface area contributed by atoms with Crippen molar-refractivity contribution in [2.45, 2.75) is 37.8 Å². The third-order valence-electron chi connectivity index (χ3n) is 4.73. The molecule has 0 bridgehead atoms. The minimum Gasteiger partial charge on any atom is -0.480 e. The van der Waals surface area contributed by atoms with Crippen molar-refractivity contribution in [3.63, 3.8) is 0 Å². The number of hydrogen-bond donors (Lipinski definition) is 1. The van der Waals surface area contributed by atoms with Gasteiger partial charge in [0.25, 0.3) is 0 Å². The molecule has 0 aliphatic carbocycles. The van der Waals surface area contributed by atoms with Crippen LogP contribution in [-0.4, -0.2) is 41.2 Å². The quantitative estimate of drug-likeness (QED) is 0.919. The molecule has 20 heavy (non-hydrogen) atoms. The standard InChI is InChI=1S/C16H21NO3/c1-16(15(18)19)8-4-9-17(16)11-14-13-6-3-2-5-12(13)7-10-20-14/h2-3,5-6,14H,4,7-11H2,1H3,(H,18,19). The van der Waals surface area contributed by atoms with Gasteiger partial charge in [0.1, 0.15) is 5.54 Å². The second kappa shape index (κ2) is 5.19. The minimum atomic E-state index is -0.740. The molecule has 0 spiro atoms. The summed E-state index contributed by atoms with van der Waals surface area (Å²) in [5.41, 5.74) is 1.81. The van der Waals surface area contributed by atoms with E-state index in [1.165, 1.54) is 11.1 Å². The molecular weight excluding hydrogens is 254 g/mol. The molecule has 2 aliphatic rings. The number of carboxylic acids is 1. The van der Waals surface area contributed by atoms with E-state index in [-0.39, 0.29) is 6.10 Å². The molecule has 4 heteroatoms. The molecule has 2 unspecified atom stereocenters. The van der Waals surface area contributed by atoms with Crippen LogP contribution >= 0.6 is 0 Å². The Labute approximate surface area is 119 Å². The van der Waals surface area contributed by atoms with Crippen LogP contribution in [0, 0.1) is 0 Å². The molecule has 108 valence electrons. The van der Waals surface area contributed by atoms with Gasteiger partial charge in [0, 0.05) is 6.54 Å². The van der Waals surface area contributed by atoms with Crippen molar-refractivity contribution < 1.29 is 14.6 Å². The van der Waals surface area contributed by atoms with E-state index in [1.807, 2.05) is 13.0 Å². The molecule has 2 heterocycles. The summed E-state index contributed by atoms with van der Waals surface area (Å²) < 4.78 is 5.90. The summed E-state index contributed by atoms with van der Waals surface area (Å²) in [5, 5.41) is 9.49. The van der Waals surface area contributed by atoms with Crippen LogP contribution in [0.25, 0.3) is 0 Å². The number of nitrogens with zero attached hydrogens (tertiary/aromatic N) is 1. The number of likely N-dealkylation sites (tertiary alicyclic amines) is 1. The fourth-order valence-corrected chi connectivity index (χ4v) is 3.38. The van der Waals surface area contributed by atoms with Gasteiger partial charge in [0.05, 0.1) is 12.7 Å². The van der Waals surface area contributed by atoms with Gasteiger partial charge in [-0.25, -0.2) is 0 Å². The van der Waals surface area contributed by atoms with Crippen molar-refractivity contribution >= 4 is 5.97 Å². The predicted octanol–water partition coefficient (Wildman–Crippen LogP) is 2.24. The lowest BCUT2D eigenvalue weighted by Crippen LogP contribution is -2.49. The number of rotatable bonds is 3. The number of carbonyl (C=O) groups is 1. The molecule has 1 aromatic rings. The highest BCUT2D eigenvalue weighted by molar-refractivity contribution is 5.78. The Morgan fingerprint density at radius 3 is 3.10 bits per heavy atom. The molecule has 2 aliphatic heterocycles. The third kappa shape index (κ3) is 2.23. The molecule has 0 aromatic heterocycles. The highest BCUT2D eigenvalue weighted by Gasteiger charge is 2.44. The van der Waals surface area contributed by atoms with E-state index >= 15 is 0 Å². The van der Waals surface area contributed by atoms with Crippen molar-refractivity contribution in [3.05, 3.63) is 35.4 Å². The van der Waals surface area contributed by atoms with Gasteiger partial charge in [-0.05, 0) is 43.9 Å². The lowest BCUT2D eigenvalue weighted by molar-refractivity contribution is -0.149. The van der Waals surface area contributed by atoms with Crippen LogP contribution in [0.1, 0.15) is 37.0 Å². The summed E-state index contributed by atoms with van der Waals surface area (Å²) in [4.78, 5) is 13.6. The maximum atomic E-state index is 11.5. The number of ether oxygens (including phenoxy) is 1. The number of hydrogen-bond acceptors (Lipinski definition) is 3. The molecule has 1 saturated heterocycles. The van der Waals surface area contributed by atoms with E-state index in [9.17, 15) is 9.90 Å². The molecule has 0 amide bonds. The highest BCUT2D eigenvalue weighted by Crippen LogP contribution is 2.34. The first-order chi connectivity index (χ1) is 9.61. The average molecular weight is 275 g/mol. The van der Waals surface area contributed by atoms with E-state index < -0.39 is 11.5 Å². The summed E-state index contributed by atoms with van der Waals surface area (Å²) in [6.45, 7) is 4.06. The second-order valence-corrected chi connectivity index (χ2v) is 5.94. The minimum absolute atomic E-state index is 0.00303. The first-order valence-electron chi connectivity index (χ1n) is 7.29. The van der Waals surface area contributed by atoms with Crippen molar-refractivity contribution in [3.8, 4) is 0 Å². The van der Waals surface area contributed by atoms with Gasteiger partial charge >= 0.3 is 5.97 Å². The SMILES string of the molecule is CC1(C(=O)O)CCCN1CC1OCCc2ccccc21. The Morgan fingerprint density at radius 2 is 2.30 bits per heavy atom. The second-order valence-electron chi connectivity index (χ2n) is 5.94. The van der Waals surface area contributed by atoms with Crippen LogP contribution in [0.15, 0.2) is 24.3 Å². The fraction of sp³-hybridized carbons (Fsp3) is 0.562. The van der Waals surface area contributed by atoms with Gasteiger partial charge in [0.15, 0.2) is 0 Å². The first kappa shape index (κ1) is 13.6. The maximum Gasteiger partial charge on any atom is 0.323 e. The molecule has 1 N–H and O–H groups in total. The Bertz CT molecular complexity index is 516. The van der Waals surface area contributed by atoms with Gasteiger partial charge in [-0.15, -0.1) is 0 Å². The Balaban J connectivity index is 1.81. The van der Waals surface area contributed by atoms with Crippen LogP contribution in [0.3, 0.4) is 0 Å². The summed E-state index contributed by atoms with van der Waals surface area (Å²) in [5.74, 6) is -0.723. The summed E-state index contributed by atoms with van der Waals surface area (Å²) >= 11 is 0. The van der Waals surface area contributed by atoms with Crippen molar-refractivity contribution in [2.75, 3.05) is 19.7 Å². The first-order valence-corrected chi connectivity index (χ1v) is 7.29. The van der Waals surface area contributed by atoms with Crippen LogP contribution in [-0.2, 0) is 16.0 Å². The van der Waals surface area contributed by atoms with Crippen molar-refractivity contribution in [1.29, 1.82) is 0 Å². The monoisotopic (exact) mass is 275 g/mol. The molecular formula is C16H21NO3. The van der Waals surface area contributed by atoms with Gasteiger partial charge in [-0.3, -0.25) is 9.69 Å². The summed E-state index contributed by atoms with van der Waals surface area (Å²) in [6, 6.07) is 8.33. The summed E-state index contributed by atoms with van der Waals surface area (Å²) in [7, 11) is 0. The van der Waals surface area contributed by atoms with E-state index in [2.05, 4.69) is 23.1 Å². The van der Waals surface area contributed by atoms with Crippen LogP contribution in [0.2, 0.25) is 0 Å². The Kier molecular flexibility index (Phi) is 3.52. The maximum absolute atomic E-state index is 11.5. The van der Waals surface area contributed by atoms with E-state index in [0.29, 0.717) is 6.54 Å². The lowest BCUT2D eigenvalue weighted by atomic mass is 9.95. The van der Waals surface area contributed by atoms with Crippen molar-refractivity contribution in [2.24, 2.45) is 0 Å². The molecule has 0 radical (unpaired) electrons. The topological polar surface area (TPSA) is 49.8 Å². The third-order valence-corrected chi connectivity index (χ3v) is 4.73. The number of aliphatic carboxylic acids is 1. The van der Waals surface area contributed by atoms with Crippen LogP contribution in [0.5, 0.6) is 0 Å². The Hall–Kier alpha value is -1.39. The van der Waals surface area contributed by atoms with Crippen LogP contribution in [0.4, 0.5) is 0 Å². The Morgan fingerprint density at radius 1 is 1.50 bits per heavy atom. The number of fused-ring (bicyclic) bond motifs is 1. The van der Waals surface area contributed by atoms with Crippen LogP contribution < -0.4 is 0 Å². The molecule has 3 rings (SSSR count). The molecule has 1 fully saturated rings. The van der Waals surface area contributed by atoms with Gasteiger partial charge < -0.3 is 9.84 Å². The zero-order valence-corrected chi connectivity index (χ0v) is 11.8. The molecule has 4 nitrogen and oxygen atoms in total.